The van der Waals surface area contributed by atoms with Crippen LogP contribution in [0.4, 0.5) is 10.9 Å². The number of nitrogens with two attached hydrogens (primary N) is 1. The van der Waals surface area contributed by atoms with Crippen LogP contribution in [-0.2, 0) is 4.74 Å². The number of nitrogens with one attached hydrogen (secondary N) is 1. The van der Waals surface area contributed by atoms with Crippen LogP contribution in [0.5, 0.6) is 0 Å². The number of carbonyl (C=O) groups is 1. The minimum atomic E-state index is -0.00538. The lowest BCUT2D eigenvalue weighted by atomic mass is 10.3. The first kappa shape index (κ1) is 15.1. The van der Waals surface area contributed by atoms with E-state index in [4.69, 9.17) is 10.5 Å². The van der Waals surface area contributed by atoms with E-state index in [2.05, 4.69) is 10.3 Å². The summed E-state index contributed by atoms with van der Waals surface area (Å²) in [5, 5.41) is 3.78. The van der Waals surface area contributed by atoms with Crippen molar-refractivity contribution in [1.82, 2.24) is 9.88 Å². The standard InChI is InChI=1S/C13H22N4O2S/c1-3-17(8-9-4-5-9)12(18)10-11(14)16-13(20-10)15-6-7-19-2/h9H,3-8,14H2,1-2H3,(H,15,16). The second-order valence-corrected chi connectivity index (χ2v) is 5.94. The van der Waals surface area contributed by atoms with Gasteiger partial charge >= 0.3 is 0 Å². The van der Waals surface area contributed by atoms with Crippen LogP contribution in [0.3, 0.4) is 0 Å². The van der Waals surface area contributed by atoms with E-state index in [1.807, 2.05) is 11.8 Å². The highest BCUT2D eigenvalue weighted by atomic mass is 32.1. The van der Waals surface area contributed by atoms with Gasteiger partial charge < -0.3 is 20.7 Å². The molecule has 3 N–H and O–H groups in total. The molecule has 6 nitrogen and oxygen atoms in total. The maximum absolute atomic E-state index is 12.5. The number of rotatable bonds is 8. The van der Waals surface area contributed by atoms with Crippen LogP contribution in [0.2, 0.25) is 0 Å². The van der Waals surface area contributed by atoms with Crippen LogP contribution in [0.25, 0.3) is 0 Å². The minimum absolute atomic E-state index is 0.00538. The second-order valence-electron chi connectivity index (χ2n) is 4.94. The number of thiazole rings is 1. The van der Waals surface area contributed by atoms with Crippen molar-refractivity contribution in [1.29, 1.82) is 0 Å². The molecular formula is C13H22N4O2S. The first-order chi connectivity index (χ1) is 9.65. The van der Waals surface area contributed by atoms with Crippen molar-refractivity contribution in [3.05, 3.63) is 4.88 Å². The Morgan fingerprint density at radius 2 is 2.35 bits per heavy atom. The van der Waals surface area contributed by atoms with Gasteiger partial charge in [0.1, 0.15) is 10.7 Å². The Kier molecular flexibility index (Phi) is 5.19. The fourth-order valence-electron chi connectivity index (χ4n) is 1.93. The molecule has 112 valence electrons. The number of ether oxygens (including phenoxy) is 1. The van der Waals surface area contributed by atoms with E-state index in [1.165, 1.54) is 24.2 Å². The van der Waals surface area contributed by atoms with Crippen molar-refractivity contribution in [3.63, 3.8) is 0 Å². The quantitative estimate of drug-likeness (QED) is 0.713. The normalized spacial score (nSPS) is 14.3. The molecule has 1 fully saturated rings. The summed E-state index contributed by atoms with van der Waals surface area (Å²) in [6, 6.07) is 0. The number of anilines is 2. The SMILES string of the molecule is CCN(CC1CC1)C(=O)c1sc(NCCOC)nc1N. The van der Waals surface area contributed by atoms with Crippen molar-refractivity contribution < 1.29 is 9.53 Å². The fraction of sp³-hybridized carbons (Fsp3) is 0.692. The van der Waals surface area contributed by atoms with Gasteiger partial charge in [0.25, 0.3) is 5.91 Å². The molecular weight excluding hydrogens is 276 g/mol. The van der Waals surface area contributed by atoms with Crippen molar-refractivity contribution in [2.75, 3.05) is 44.4 Å². The van der Waals surface area contributed by atoms with E-state index in [-0.39, 0.29) is 5.91 Å². The molecule has 1 amide bonds. The highest BCUT2D eigenvalue weighted by molar-refractivity contribution is 7.18. The highest BCUT2D eigenvalue weighted by Crippen LogP contribution is 2.31. The Morgan fingerprint density at radius 1 is 1.60 bits per heavy atom. The van der Waals surface area contributed by atoms with Crippen LogP contribution < -0.4 is 11.1 Å². The van der Waals surface area contributed by atoms with E-state index < -0.39 is 0 Å². The third kappa shape index (κ3) is 3.83. The molecule has 1 aliphatic rings. The van der Waals surface area contributed by atoms with Gasteiger partial charge in [-0.1, -0.05) is 11.3 Å². The van der Waals surface area contributed by atoms with Gasteiger partial charge in [-0.2, -0.15) is 0 Å². The summed E-state index contributed by atoms with van der Waals surface area (Å²) in [5.74, 6) is 0.982. The van der Waals surface area contributed by atoms with E-state index in [0.29, 0.717) is 41.4 Å². The molecule has 0 spiro atoms. The Balaban J connectivity index is 2.00. The first-order valence-corrected chi connectivity index (χ1v) is 7.75. The average Bonchev–Trinajstić information content (AvgIpc) is 3.18. The molecule has 0 atom stereocenters. The number of nitrogen functional groups attached to an aromatic ring is 1. The molecule has 1 aromatic rings. The average molecular weight is 298 g/mol. The van der Waals surface area contributed by atoms with E-state index in [1.54, 1.807) is 7.11 Å². The molecule has 1 aliphatic carbocycles. The van der Waals surface area contributed by atoms with Crippen LogP contribution in [0, 0.1) is 5.92 Å². The smallest absolute Gasteiger partial charge is 0.267 e. The van der Waals surface area contributed by atoms with Crippen molar-refractivity contribution in [3.8, 4) is 0 Å². The predicted molar refractivity (Wildman–Crippen MR) is 81.2 cm³/mol. The van der Waals surface area contributed by atoms with Crippen LogP contribution in [0.15, 0.2) is 0 Å². The summed E-state index contributed by atoms with van der Waals surface area (Å²) in [6.07, 6.45) is 2.46. The number of methoxy groups -OCH3 is 1. The lowest BCUT2D eigenvalue weighted by Crippen LogP contribution is -2.32. The van der Waals surface area contributed by atoms with Gasteiger partial charge in [0.2, 0.25) is 0 Å². The number of hydrogen-bond donors (Lipinski definition) is 2. The zero-order valence-corrected chi connectivity index (χ0v) is 12.8. The summed E-state index contributed by atoms with van der Waals surface area (Å²) < 4.78 is 4.96. The molecule has 0 aliphatic heterocycles. The highest BCUT2D eigenvalue weighted by Gasteiger charge is 2.28. The summed E-state index contributed by atoms with van der Waals surface area (Å²) in [4.78, 5) is 19.1. The fourth-order valence-corrected chi connectivity index (χ4v) is 2.81. The third-order valence-electron chi connectivity index (χ3n) is 3.27. The van der Waals surface area contributed by atoms with Crippen molar-refractivity contribution in [2.45, 2.75) is 19.8 Å². The Hall–Kier alpha value is -1.34. The summed E-state index contributed by atoms with van der Waals surface area (Å²) in [5.41, 5.74) is 5.87. The maximum atomic E-state index is 12.5. The Morgan fingerprint density at radius 3 is 2.95 bits per heavy atom. The van der Waals surface area contributed by atoms with Crippen molar-refractivity contribution >= 4 is 28.2 Å². The molecule has 0 aromatic carbocycles. The van der Waals surface area contributed by atoms with E-state index in [0.717, 1.165) is 6.54 Å². The van der Waals surface area contributed by atoms with Gasteiger partial charge in [0, 0.05) is 26.7 Å². The zero-order valence-electron chi connectivity index (χ0n) is 12.0. The number of carbonyl (C=O) groups excluding carboxylic acids is 1. The zero-order chi connectivity index (χ0) is 14.5. The number of nitrogens with zero attached hydrogens (tertiary/aromatic N) is 2. The summed E-state index contributed by atoms with van der Waals surface area (Å²) in [6.45, 7) is 4.77. The lowest BCUT2D eigenvalue weighted by Gasteiger charge is -2.19. The van der Waals surface area contributed by atoms with Crippen LogP contribution in [0.1, 0.15) is 29.4 Å². The van der Waals surface area contributed by atoms with E-state index in [9.17, 15) is 4.79 Å². The Bertz CT molecular complexity index is 459. The monoisotopic (exact) mass is 298 g/mol. The number of aromatic nitrogens is 1. The largest absolute Gasteiger partial charge is 0.383 e. The second kappa shape index (κ2) is 6.90. The maximum Gasteiger partial charge on any atom is 0.267 e. The molecule has 20 heavy (non-hydrogen) atoms. The third-order valence-corrected chi connectivity index (χ3v) is 4.29. The van der Waals surface area contributed by atoms with Gasteiger partial charge in [-0.15, -0.1) is 0 Å². The molecule has 0 radical (unpaired) electrons. The molecule has 7 heteroatoms. The molecule has 1 heterocycles. The van der Waals surface area contributed by atoms with E-state index >= 15 is 0 Å². The first-order valence-electron chi connectivity index (χ1n) is 6.94. The number of amides is 1. The minimum Gasteiger partial charge on any atom is -0.383 e. The Labute approximate surface area is 123 Å². The lowest BCUT2D eigenvalue weighted by molar-refractivity contribution is 0.0762. The molecule has 0 saturated heterocycles. The van der Waals surface area contributed by atoms with Gasteiger partial charge in [-0.05, 0) is 25.7 Å². The van der Waals surface area contributed by atoms with Gasteiger partial charge in [0.15, 0.2) is 5.13 Å². The summed E-state index contributed by atoms with van der Waals surface area (Å²) >= 11 is 1.32. The molecule has 0 unspecified atom stereocenters. The van der Waals surface area contributed by atoms with Crippen LogP contribution >= 0.6 is 11.3 Å². The molecule has 2 rings (SSSR count). The molecule has 1 saturated carbocycles. The van der Waals surface area contributed by atoms with Crippen molar-refractivity contribution in [2.24, 2.45) is 5.92 Å². The van der Waals surface area contributed by atoms with Gasteiger partial charge in [-0.3, -0.25) is 4.79 Å². The van der Waals surface area contributed by atoms with Gasteiger partial charge in [0.05, 0.1) is 6.61 Å². The summed E-state index contributed by atoms with van der Waals surface area (Å²) in [7, 11) is 1.64. The van der Waals surface area contributed by atoms with Gasteiger partial charge in [-0.25, -0.2) is 4.98 Å². The number of hydrogen-bond acceptors (Lipinski definition) is 6. The van der Waals surface area contributed by atoms with Crippen LogP contribution in [-0.4, -0.2) is 49.1 Å². The molecule has 0 bridgehead atoms. The predicted octanol–water partition coefficient (Wildman–Crippen LogP) is 1.66. The topological polar surface area (TPSA) is 80.5 Å². The molecule has 1 aromatic heterocycles.